The molecule has 2 unspecified atom stereocenters. The molecule has 1 aromatic rings. The van der Waals surface area contributed by atoms with E-state index in [9.17, 15) is 4.79 Å². The maximum atomic E-state index is 12.0. The van der Waals surface area contributed by atoms with E-state index in [1.54, 1.807) is 0 Å². The van der Waals surface area contributed by atoms with Crippen molar-refractivity contribution in [2.45, 2.75) is 82.7 Å². The van der Waals surface area contributed by atoms with Crippen LogP contribution < -0.4 is 4.90 Å². The molecule has 2 atom stereocenters. The quantitative estimate of drug-likeness (QED) is 0.673. The molecule has 0 radical (unpaired) electrons. The summed E-state index contributed by atoms with van der Waals surface area (Å²) in [5.41, 5.74) is 1.33. The van der Waals surface area contributed by atoms with E-state index < -0.39 is 0 Å². The molecule has 1 aromatic heterocycles. The zero-order valence-electron chi connectivity index (χ0n) is 20.1. The van der Waals surface area contributed by atoms with E-state index in [0.29, 0.717) is 36.1 Å². The summed E-state index contributed by atoms with van der Waals surface area (Å²) in [7, 11) is 2.23. The van der Waals surface area contributed by atoms with Crippen molar-refractivity contribution in [3.63, 3.8) is 0 Å². The van der Waals surface area contributed by atoms with Gasteiger partial charge in [0.25, 0.3) is 0 Å². The zero-order valence-corrected chi connectivity index (χ0v) is 20.1. The lowest BCUT2D eigenvalue weighted by atomic mass is 9.79. The van der Waals surface area contributed by atoms with Gasteiger partial charge in [0.2, 0.25) is 5.95 Å². The summed E-state index contributed by atoms with van der Waals surface area (Å²) in [6.45, 7) is 7.87. The fourth-order valence-electron chi connectivity index (χ4n) is 6.89. The van der Waals surface area contributed by atoms with E-state index in [1.165, 1.54) is 63.7 Å². The number of nitrogens with zero attached hydrogens (tertiary/aromatic N) is 5. The number of carbonyl (C=O) groups is 1. The van der Waals surface area contributed by atoms with E-state index >= 15 is 0 Å². The van der Waals surface area contributed by atoms with Crippen molar-refractivity contribution < 1.29 is 4.79 Å². The molecule has 6 heteroatoms. The molecule has 5 rings (SSSR count). The van der Waals surface area contributed by atoms with Crippen molar-refractivity contribution in [1.82, 2.24) is 19.8 Å². The number of likely N-dealkylation sites (N-methyl/N-ethyl adjacent to an activating group) is 1. The van der Waals surface area contributed by atoms with Crippen LogP contribution >= 0.6 is 0 Å². The summed E-state index contributed by atoms with van der Waals surface area (Å²) in [5, 5.41) is 0. The average Bonchev–Trinajstić information content (AvgIpc) is 3.10. The molecule has 6 nitrogen and oxygen atoms in total. The lowest BCUT2D eigenvalue weighted by Gasteiger charge is -2.39. The standard InChI is InChI=1S/C26H41N5O/c1-3-25(32)21-6-4-19(5-7-21)16-30-12-10-20(11-13-30)22-14-27-26(28-15-22)31-23-8-9-24(31)18-29(2)17-23/h14-15,19-21,23-24H,3-13,16-18H2,1-2H3/t19-,21+,23?,24?. The Morgan fingerprint density at radius 3 is 2.16 bits per heavy atom. The van der Waals surface area contributed by atoms with Crippen LogP contribution in [0.2, 0.25) is 0 Å². The molecule has 1 saturated carbocycles. The van der Waals surface area contributed by atoms with E-state index in [4.69, 9.17) is 9.97 Å². The zero-order chi connectivity index (χ0) is 22.1. The number of anilines is 1. The number of hydrogen-bond acceptors (Lipinski definition) is 6. The topological polar surface area (TPSA) is 52.6 Å². The molecule has 4 heterocycles. The minimum atomic E-state index is 0.353. The number of rotatable bonds is 6. The monoisotopic (exact) mass is 439 g/mol. The second kappa shape index (κ2) is 9.76. The Labute approximate surface area is 193 Å². The Bertz CT molecular complexity index is 753. The largest absolute Gasteiger partial charge is 0.332 e. The van der Waals surface area contributed by atoms with Crippen LogP contribution in [-0.2, 0) is 4.79 Å². The van der Waals surface area contributed by atoms with Crippen LogP contribution in [0.1, 0.15) is 76.2 Å². The number of carbonyl (C=O) groups excluding carboxylic acids is 1. The van der Waals surface area contributed by atoms with E-state index in [0.717, 1.165) is 37.8 Å². The number of likely N-dealkylation sites (tertiary alicyclic amines) is 2. The molecule has 2 bridgehead atoms. The van der Waals surface area contributed by atoms with Crippen LogP contribution in [0.15, 0.2) is 12.4 Å². The number of piperazine rings is 1. The van der Waals surface area contributed by atoms with Gasteiger partial charge in [0.15, 0.2) is 0 Å². The van der Waals surface area contributed by atoms with Gasteiger partial charge in [0.05, 0.1) is 0 Å². The van der Waals surface area contributed by atoms with Crippen LogP contribution in [0.25, 0.3) is 0 Å². The first kappa shape index (κ1) is 22.3. The van der Waals surface area contributed by atoms with Gasteiger partial charge >= 0.3 is 0 Å². The van der Waals surface area contributed by atoms with Crippen molar-refractivity contribution in [2.24, 2.45) is 11.8 Å². The molecule has 0 aromatic carbocycles. The maximum Gasteiger partial charge on any atom is 0.225 e. The third kappa shape index (κ3) is 4.72. The number of aromatic nitrogens is 2. The summed E-state index contributed by atoms with van der Waals surface area (Å²) < 4.78 is 0. The number of fused-ring (bicyclic) bond motifs is 2. The Morgan fingerprint density at radius 1 is 0.938 bits per heavy atom. The Morgan fingerprint density at radius 2 is 1.56 bits per heavy atom. The van der Waals surface area contributed by atoms with E-state index in [1.807, 2.05) is 6.92 Å². The molecule has 1 aliphatic carbocycles. The third-order valence-corrected chi connectivity index (χ3v) is 8.78. The van der Waals surface area contributed by atoms with Crippen LogP contribution in [0.3, 0.4) is 0 Å². The van der Waals surface area contributed by atoms with Crippen molar-refractivity contribution in [2.75, 3.05) is 44.7 Å². The lowest BCUT2D eigenvalue weighted by Crippen LogP contribution is -2.53. The highest BCUT2D eigenvalue weighted by molar-refractivity contribution is 5.80. The SMILES string of the molecule is CCC(=O)[C@H]1CC[C@@H](CN2CCC(c3cnc(N4C5CCC4CN(C)C5)nc3)CC2)CC1. The number of piperidine rings is 1. The Balaban J connectivity index is 1.09. The van der Waals surface area contributed by atoms with E-state index in [2.05, 4.69) is 34.1 Å². The van der Waals surface area contributed by atoms with E-state index in [-0.39, 0.29) is 0 Å². The third-order valence-electron chi connectivity index (χ3n) is 8.78. The van der Waals surface area contributed by atoms with Crippen LogP contribution in [-0.4, -0.2) is 77.4 Å². The highest BCUT2D eigenvalue weighted by Crippen LogP contribution is 2.35. The maximum absolute atomic E-state index is 12.0. The Hall–Kier alpha value is -1.53. The number of Topliss-reactive ketones (excluding diaryl/α,β-unsaturated/α-hetero) is 1. The summed E-state index contributed by atoms with van der Waals surface area (Å²) in [6, 6.07) is 1.17. The molecular formula is C26H41N5O. The summed E-state index contributed by atoms with van der Waals surface area (Å²) in [6.07, 6.45) is 14.6. The molecule has 176 valence electrons. The summed E-state index contributed by atoms with van der Waals surface area (Å²) in [5.74, 6) is 3.17. The molecule has 4 fully saturated rings. The van der Waals surface area contributed by atoms with Crippen molar-refractivity contribution in [3.8, 4) is 0 Å². The first-order valence-corrected chi connectivity index (χ1v) is 13.1. The predicted octanol–water partition coefficient (Wildman–Crippen LogP) is 3.72. The molecule has 0 amide bonds. The summed E-state index contributed by atoms with van der Waals surface area (Å²) in [4.78, 5) is 29.3. The molecule has 0 N–H and O–H groups in total. The van der Waals surface area contributed by atoms with Crippen molar-refractivity contribution in [1.29, 1.82) is 0 Å². The molecule has 3 saturated heterocycles. The van der Waals surface area contributed by atoms with Gasteiger partial charge < -0.3 is 14.7 Å². The first-order valence-electron chi connectivity index (χ1n) is 13.1. The Kier molecular flexibility index (Phi) is 6.79. The second-order valence-corrected chi connectivity index (χ2v) is 10.9. The van der Waals surface area contributed by atoms with Crippen molar-refractivity contribution in [3.05, 3.63) is 18.0 Å². The smallest absolute Gasteiger partial charge is 0.225 e. The number of ketones is 1. The highest BCUT2D eigenvalue weighted by Gasteiger charge is 2.40. The summed E-state index contributed by atoms with van der Waals surface area (Å²) >= 11 is 0. The normalized spacial score (nSPS) is 32.4. The van der Waals surface area contributed by atoms with Gasteiger partial charge in [-0.15, -0.1) is 0 Å². The fourth-order valence-corrected chi connectivity index (χ4v) is 6.89. The molecular weight excluding hydrogens is 398 g/mol. The van der Waals surface area contributed by atoms with Gasteiger partial charge in [-0.05, 0) is 88.9 Å². The average molecular weight is 440 g/mol. The second-order valence-electron chi connectivity index (χ2n) is 10.9. The minimum absolute atomic E-state index is 0.353. The molecule has 0 spiro atoms. The van der Waals surface area contributed by atoms with Crippen LogP contribution in [0.4, 0.5) is 5.95 Å². The molecule has 32 heavy (non-hydrogen) atoms. The molecule has 3 aliphatic heterocycles. The van der Waals surface area contributed by atoms with Gasteiger partial charge in [-0.1, -0.05) is 6.92 Å². The fraction of sp³-hybridized carbons (Fsp3) is 0.808. The van der Waals surface area contributed by atoms with Gasteiger partial charge in [-0.25, -0.2) is 9.97 Å². The number of hydrogen-bond donors (Lipinski definition) is 0. The van der Waals surface area contributed by atoms with Gasteiger partial charge in [-0.3, -0.25) is 4.79 Å². The van der Waals surface area contributed by atoms with Gasteiger partial charge in [-0.2, -0.15) is 0 Å². The lowest BCUT2D eigenvalue weighted by molar-refractivity contribution is -0.123. The van der Waals surface area contributed by atoms with Gasteiger partial charge in [0.1, 0.15) is 5.78 Å². The van der Waals surface area contributed by atoms with Crippen molar-refractivity contribution >= 4 is 11.7 Å². The minimum Gasteiger partial charge on any atom is -0.332 e. The van der Waals surface area contributed by atoms with Gasteiger partial charge in [0, 0.05) is 56.5 Å². The highest BCUT2D eigenvalue weighted by atomic mass is 16.1. The first-order chi connectivity index (χ1) is 15.6. The predicted molar refractivity (Wildman–Crippen MR) is 128 cm³/mol. The molecule has 4 aliphatic rings. The van der Waals surface area contributed by atoms with Crippen LogP contribution in [0, 0.1) is 11.8 Å². The van der Waals surface area contributed by atoms with Crippen LogP contribution in [0.5, 0.6) is 0 Å².